The molecule has 1 N–H and O–H groups in total. The number of benzene rings is 3. The molecule has 0 aliphatic heterocycles. The van der Waals surface area contributed by atoms with Crippen LogP contribution in [0.15, 0.2) is 76.3 Å². The molecule has 0 radical (unpaired) electrons. The highest BCUT2D eigenvalue weighted by Gasteiger charge is 2.12. The Morgan fingerprint density at radius 3 is 2.55 bits per heavy atom. The highest BCUT2D eigenvalue weighted by Crippen LogP contribution is 2.32. The Kier molecular flexibility index (Phi) is 7.84. The van der Waals surface area contributed by atoms with Crippen LogP contribution in [0.4, 0.5) is 0 Å². The summed E-state index contributed by atoms with van der Waals surface area (Å²) in [4.78, 5) is 12.2. The Hall–Kier alpha value is -3.12. The van der Waals surface area contributed by atoms with Crippen LogP contribution in [0, 0.1) is 6.92 Å². The van der Waals surface area contributed by atoms with Crippen LogP contribution in [0.5, 0.6) is 17.2 Å². The fourth-order valence-corrected chi connectivity index (χ4v) is 3.25. The lowest BCUT2D eigenvalue weighted by Gasteiger charge is -2.15. The first-order chi connectivity index (χ1) is 14.9. The molecule has 0 saturated carbocycles. The second-order valence-corrected chi connectivity index (χ2v) is 8.22. The van der Waals surface area contributed by atoms with E-state index in [1.807, 2.05) is 73.7 Å². The number of para-hydroxylation sites is 1. The predicted octanol–water partition coefficient (Wildman–Crippen LogP) is 6.20. The van der Waals surface area contributed by atoms with E-state index in [0.29, 0.717) is 11.5 Å². The number of amides is 1. The third-order valence-corrected chi connectivity index (χ3v) is 5.37. The van der Waals surface area contributed by atoms with Crippen LogP contribution in [-0.2, 0) is 4.79 Å². The molecule has 3 rings (SSSR count). The normalized spacial score (nSPS) is 11.0. The van der Waals surface area contributed by atoms with Crippen LogP contribution in [0.25, 0.3) is 0 Å². The van der Waals surface area contributed by atoms with E-state index in [0.717, 1.165) is 26.9 Å². The predicted molar refractivity (Wildman–Crippen MR) is 127 cm³/mol. The number of hydrazone groups is 1. The van der Waals surface area contributed by atoms with E-state index in [9.17, 15) is 4.79 Å². The number of carbonyl (C=O) groups excluding carboxylic acids is 1. The quantitative estimate of drug-likeness (QED) is 0.308. The number of nitrogens with zero attached hydrogens (tertiary/aromatic N) is 1. The molecule has 6 heteroatoms. The smallest absolute Gasteiger partial charge is 0.277 e. The summed E-state index contributed by atoms with van der Waals surface area (Å²) >= 11 is 3.55. The van der Waals surface area contributed by atoms with Gasteiger partial charge in [0.05, 0.1) is 6.21 Å². The zero-order valence-electron chi connectivity index (χ0n) is 17.8. The van der Waals surface area contributed by atoms with Gasteiger partial charge in [0.15, 0.2) is 6.61 Å². The fraction of sp³-hybridized carbons (Fsp3) is 0.200. The molecule has 0 unspecified atom stereocenters. The van der Waals surface area contributed by atoms with Gasteiger partial charge in [0, 0.05) is 4.47 Å². The van der Waals surface area contributed by atoms with E-state index in [1.165, 1.54) is 0 Å². The molecule has 0 heterocycles. The van der Waals surface area contributed by atoms with Crippen LogP contribution in [0.2, 0.25) is 0 Å². The van der Waals surface area contributed by atoms with Crippen molar-refractivity contribution in [1.82, 2.24) is 5.43 Å². The number of hydrogen-bond acceptors (Lipinski definition) is 4. The summed E-state index contributed by atoms with van der Waals surface area (Å²) < 4.78 is 12.6. The van der Waals surface area contributed by atoms with Crippen molar-refractivity contribution in [2.75, 3.05) is 6.61 Å². The van der Waals surface area contributed by atoms with E-state index in [1.54, 1.807) is 6.21 Å². The third-order valence-electron chi connectivity index (χ3n) is 4.51. The fourth-order valence-electron chi connectivity index (χ4n) is 2.88. The zero-order chi connectivity index (χ0) is 22.2. The topological polar surface area (TPSA) is 59.9 Å². The van der Waals surface area contributed by atoms with Crippen molar-refractivity contribution >= 4 is 28.1 Å². The van der Waals surface area contributed by atoms with Crippen molar-refractivity contribution < 1.29 is 14.3 Å². The Morgan fingerprint density at radius 1 is 1.06 bits per heavy atom. The average Bonchev–Trinajstić information content (AvgIpc) is 2.75. The van der Waals surface area contributed by atoms with Crippen LogP contribution in [0.3, 0.4) is 0 Å². The molecule has 0 saturated heterocycles. The van der Waals surface area contributed by atoms with E-state index in [-0.39, 0.29) is 18.4 Å². The van der Waals surface area contributed by atoms with E-state index in [4.69, 9.17) is 9.47 Å². The summed E-state index contributed by atoms with van der Waals surface area (Å²) in [6.07, 6.45) is 1.57. The van der Waals surface area contributed by atoms with Crippen LogP contribution in [0.1, 0.15) is 36.5 Å². The Labute approximate surface area is 191 Å². The van der Waals surface area contributed by atoms with Gasteiger partial charge in [-0.1, -0.05) is 60.1 Å². The summed E-state index contributed by atoms with van der Waals surface area (Å²) in [5.74, 6) is 2.10. The monoisotopic (exact) mass is 480 g/mol. The van der Waals surface area contributed by atoms with Gasteiger partial charge in [0.25, 0.3) is 5.91 Å². The third kappa shape index (κ3) is 6.69. The van der Waals surface area contributed by atoms with E-state index < -0.39 is 0 Å². The van der Waals surface area contributed by atoms with Gasteiger partial charge in [0.2, 0.25) is 0 Å². The van der Waals surface area contributed by atoms with Crippen molar-refractivity contribution in [2.45, 2.75) is 26.7 Å². The highest BCUT2D eigenvalue weighted by atomic mass is 79.9. The molecule has 160 valence electrons. The molecule has 1 amide bonds. The molecule has 0 fully saturated rings. The summed E-state index contributed by atoms with van der Waals surface area (Å²) in [6.45, 7) is 6.05. The van der Waals surface area contributed by atoms with Crippen molar-refractivity contribution in [3.63, 3.8) is 0 Å². The van der Waals surface area contributed by atoms with Crippen molar-refractivity contribution in [3.05, 3.63) is 87.9 Å². The first kappa shape index (κ1) is 22.6. The molecule has 0 atom stereocenters. The Balaban J connectivity index is 1.55. The van der Waals surface area contributed by atoms with Crippen LogP contribution >= 0.6 is 15.9 Å². The van der Waals surface area contributed by atoms with Gasteiger partial charge in [-0.15, -0.1) is 0 Å². The summed E-state index contributed by atoms with van der Waals surface area (Å²) in [6, 6.07) is 21.0. The standard InChI is InChI=1S/C25H25BrN2O3/c1-17(2)22-14-23(26)18(3)12-24(22)30-16-25(29)28-27-15-19-8-7-11-21(13-19)31-20-9-5-4-6-10-20/h4-15,17H,16H2,1-3H3,(H,28,29)/b27-15+. The molecule has 0 aromatic heterocycles. The average molecular weight is 481 g/mol. The lowest BCUT2D eigenvalue weighted by atomic mass is 10.0. The maximum Gasteiger partial charge on any atom is 0.277 e. The van der Waals surface area contributed by atoms with Gasteiger partial charge >= 0.3 is 0 Å². The largest absolute Gasteiger partial charge is 0.483 e. The molecule has 0 aliphatic carbocycles. The first-order valence-corrected chi connectivity index (χ1v) is 10.8. The minimum absolute atomic E-state index is 0.116. The molecule has 31 heavy (non-hydrogen) atoms. The van der Waals surface area contributed by atoms with Gasteiger partial charge in [-0.3, -0.25) is 4.79 Å². The van der Waals surface area contributed by atoms with E-state index in [2.05, 4.69) is 40.3 Å². The minimum Gasteiger partial charge on any atom is -0.483 e. The maximum absolute atomic E-state index is 12.2. The number of ether oxygens (including phenoxy) is 2. The number of hydrogen-bond donors (Lipinski definition) is 1. The molecular formula is C25H25BrN2O3. The van der Waals surface area contributed by atoms with Gasteiger partial charge in [-0.2, -0.15) is 5.10 Å². The summed E-state index contributed by atoms with van der Waals surface area (Å²) in [5, 5.41) is 4.02. The minimum atomic E-state index is -0.330. The Morgan fingerprint density at radius 2 is 1.81 bits per heavy atom. The zero-order valence-corrected chi connectivity index (χ0v) is 19.3. The SMILES string of the molecule is Cc1cc(OCC(=O)N/N=C/c2cccc(Oc3ccccc3)c2)c(C(C)C)cc1Br. The van der Waals surface area contributed by atoms with E-state index >= 15 is 0 Å². The van der Waals surface area contributed by atoms with Gasteiger partial charge in [0.1, 0.15) is 17.2 Å². The number of carbonyl (C=O) groups is 1. The van der Waals surface area contributed by atoms with Crippen LogP contribution < -0.4 is 14.9 Å². The highest BCUT2D eigenvalue weighted by molar-refractivity contribution is 9.10. The maximum atomic E-state index is 12.2. The number of halogens is 1. The van der Waals surface area contributed by atoms with Gasteiger partial charge in [-0.05, 0) is 65.9 Å². The summed E-state index contributed by atoms with van der Waals surface area (Å²) in [7, 11) is 0. The lowest BCUT2D eigenvalue weighted by molar-refractivity contribution is -0.123. The molecule has 0 spiro atoms. The Bertz CT molecular complexity index is 1070. The van der Waals surface area contributed by atoms with Crippen molar-refractivity contribution in [1.29, 1.82) is 0 Å². The summed E-state index contributed by atoms with van der Waals surface area (Å²) in [5.41, 5.74) is 5.40. The number of aryl methyl sites for hydroxylation is 1. The van der Waals surface area contributed by atoms with Crippen LogP contribution in [-0.4, -0.2) is 18.7 Å². The van der Waals surface area contributed by atoms with Crippen molar-refractivity contribution in [3.8, 4) is 17.2 Å². The molecule has 3 aromatic rings. The first-order valence-electron chi connectivity index (χ1n) is 10.00. The molecule has 5 nitrogen and oxygen atoms in total. The molecule has 3 aromatic carbocycles. The van der Waals surface area contributed by atoms with Gasteiger partial charge in [-0.25, -0.2) is 5.43 Å². The number of rotatable bonds is 8. The van der Waals surface area contributed by atoms with Crippen molar-refractivity contribution in [2.24, 2.45) is 5.10 Å². The molecular weight excluding hydrogens is 456 g/mol. The second-order valence-electron chi connectivity index (χ2n) is 7.36. The second kappa shape index (κ2) is 10.8. The van der Waals surface area contributed by atoms with Gasteiger partial charge < -0.3 is 9.47 Å². The lowest BCUT2D eigenvalue weighted by Crippen LogP contribution is -2.25. The molecule has 0 bridgehead atoms. The number of nitrogens with one attached hydrogen (secondary N) is 1. The molecule has 0 aliphatic rings.